The van der Waals surface area contributed by atoms with Gasteiger partial charge in [-0.25, -0.2) is 11.0 Å². The first-order valence-corrected chi connectivity index (χ1v) is 16.4. The molecule has 0 N–H and O–H groups in total. The summed E-state index contributed by atoms with van der Waals surface area (Å²) in [7, 11) is 0. The quantitative estimate of drug-likeness (QED) is 0.240. The lowest BCUT2D eigenvalue weighted by Gasteiger charge is -2.39. The lowest BCUT2D eigenvalue weighted by Crippen LogP contribution is -2.56. The first-order valence-electron chi connectivity index (χ1n) is 16.0. The van der Waals surface area contributed by atoms with Gasteiger partial charge >= 0.3 is 6.01 Å². The summed E-state index contributed by atoms with van der Waals surface area (Å²) in [5, 5.41) is 1.41. The van der Waals surface area contributed by atoms with Crippen LogP contribution in [0.3, 0.4) is 0 Å². The summed E-state index contributed by atoms with van der Waals surface area (Å²) in [6.45, 7) is 14.4. The Bertz CT molecular complexity index is 1690. The minimum atomic E-state index is -0.850. The highest BCUT2D eigenvalue weighted by Gasteiger charge is 2.49. The van der Waals surface area contributed by atoms with Crippen LogP contribution < -0.4 is 9.64 Å². The lowest BCUT2D eigenvalue weighted by atomic mass is 9.86. The number of amides is 1. The van der Waals surface area contributed by atoms with E-state index in [-0.39, 0.29) is 30.0 Å². The Morgan fingerprint density at radius 3 is 2.87 bits per heavy atom. The molecule has 0 radical (unpaired) electrons. The van der Waals surface area contributed by atoms with E-state index in [1.54, 1.807) is 4.90 Å². The largest absolute Gasteiger partial charge is 0.461 e. The van der Waals surface area contributed by atoms with Crippen molar-refractivity contribution in [3.8, 4) is 17.1 Å². The molecule has 3 fully saturated rings. The normalized spacial score (nSPS) is 24.7. The van der Waals surface area contributed by atoms with Crippen LogP contribution in [-0.4, -0.2) is 89.3 Å². The van der Waals surface area contributed by atoms with E-state index in [0.29, 0.717) is 55.6 Å². The van der Waals surface area contributed by atoms with Crippen molar-refractivity contribution in [2.24, 2.45) is 0 Å². The number of ether oxygens (including phenoxy) is 1. The van der Waals surface area contributed by atoms with Crippen molar-refractivity contribution < 1.29 is 13.9 Å². The molecule has 7 rings (SSSR count). The molecule has 0 bridgehead atoms. The number of benzene rings is 2. The Morgan fingerprint density at radius 1 is 1.16 bits per heavy atom. The Morgan fingerprint density at radius 2 is 2.02 bits per heavy atom. The molecule has 8 nitrogen and oxygen atoms in total. The average Bonchev–Trinajstić information content (AvgIpc) is 3.58. The predicted octanol–water partition coefficient (Wildman–Crippen LogP) is 5.91. The van der Waals surface area contributed by atoms with Crippen molar-refractivity contribution in [3.63, 3.8) is 0 Å². The molecule has 1 unspecified atom stereocenters. The number of rotatable bonds is 7. The molecule has 3 aromatic rings. The van der Waals surface area contributed by atoms with Gasteiger partial charge in [-0.2, -0.15) is 9.97 Å². The molecule has 1 aromatic heterocycles. The zero-order valence-corrected chi connectivity index (χ0v) is 26.2. The third kappa shape index (κ3) is 5.53. The molecular formula is C35H38ClFN6O2. The van der Waals surface area contributed by atoms with Gasteiger partial charge in [-0.15, -0.1) is 0 Å². The average molecular weight is 629 g/mol. The number of hydrogen-bond acceptors (Lipinski definition) is 6. The number of anilines is 1. The number of nitrogens with zero attached hydrogens (tertiary/aromatic N) is 6. The molecule has 3 saturated heterocycles. The van der Waals surface area contributed by atoms with E-state index in [4.69, 9.17) is 32.9 Å². The standard InChI is InChI=1S/C35H38ClFN6O2/c1-3-32(44)43-15-14-41(21-25(43)19-38-2)33-29-16-30(36)28(27-11-6-9-23-8-4-5-10-26(23)27)17-31(29)39-34(40-33)45-22-35-12-7-13-42(35)20-24(37)18-35/h3,6,9,11,16-17,24-25H,1,4-5,7-8,10,12-15,18-22H2/t24-,25+,35?/m1/s1. The van der Waals surface area contributed by atoms with Gasteiger partial charge in [-0.05, 0) is 80.0 Å². The zero-order chi connectivity index (χ0) is 31.1. The second-order valence-electron chi connectivity index (χ2n) is 12.9. The molecule has 3 atom stereocenters. The van der Waals surface area contributed by atoms with Crippen molar-refractivity contribution in [1.82, 2.24) is 19.8 Å². The van der Waals surface area contributed by atoms with Gasteiger partial charge in [0.15, 0.2) is 0 Å². The Hall–Kier alpha value is -3.74. The number of aryl methyl sites for hydroxylation is 1. The fourth-order valence-corrected chi connectivity index (χ4v) is 8.29. The van der Waals surface area contributed by atoms with E-state index >= 15 is 0 Å². The first-order chi connectivity index (χ1) is 21.9. The van der Waals surface area contributed by atoms with Crippen molar-refractivity contribution in [3.05, 3.63) is 70.6 Å². The van der Waals surface area contributed by atoms with Crippen LogP contribution in [-0.2, 0) is 17.6 Å². The van der Waals surface area contributed by atoms with E-state index in [9.17, 15) is 9.18 Å². The van der Waals surface area contributed by atoms with Gasteiger partial charge in [0.2, 0.25) is 12.5 Å². The number of alkyl halides is 1. The van der Waals surface area contributed by atoms with Crippen LogP contribution >= 0.6 is 11.6 Å². The Kier molecular flexibility index (Phi) is 8.13. The van der Waals surface area contributed by atoms with Gasteiger partial charge in [-0.3, -0.25) is 9.69 Å². The van der Waals surface area contributed by atoms with Crippen LogP contribution in [0.15, 0.2) is 43.0 Å². The monoisotopic (exact) mass is 628 g/mol. The SMILES string of the molecule is [C-]#[N+]C[C@H]1CN(c2nc(OCC34CCCN3C[C@H](F)C4)nc3cc(-c4cccc5c4CCCC5)c(Cl)cc23)CCN1C(=O)C=C. The fraction of sp³-hybridized carbons (Fsp3) is 0.486. The van der Waals surface area contributed by atoms with Gasteiger partial charge in [0.25, 0.3) is 0 Å². The number of aromatic nitrogens is 2. The summed E-state index contributed by atoms with van der Waals surface area (Å²) < 4.78 is 20.9. The molecule has 0 spiro atoms. The number of carbonyl (C=O) groups is 1. The third-order valence-corrected chi connectivity index (χ3v) is 10.5. The number of hydrogen-bond donors (Lipinski definition) is 0. The molecule has 1 aliphatic carbocycles. The summed E-state index contributed by atoms with van der Waals surface area (Å²) in [5.41, 5.74) is 5.18. The zero-order valence-electron chi connectivity index (χ0n) is 25.5. The second kappa shape index (κ2) is 12.2. The second-order valence-corrected chi connectivity index (χ2v) is 13.3. The van der Waals surface area contributed by atoms with Crippen LogP contribution in [0.4, 0.5) is 10.2 Å². The molecule has 234 valence electrons. The maximum Gasteiger partial charge on any atom is 0.319 e. The van der Waals surface area contributed by atoms with E-state index in [1.807, 2.05) is 12.1 Å². The van der Waals surface area contributed by atoms with Crippen LogP contribution in [0.2, 0.25) is 5.02 Å². The van der Waals surface area contributed by atoms with E-state index < -0.39 is 6.17 Å². The number of fused-ring (bicyclic) bond motifs is 3. The minimum absolute atomic E-state index is 0.176. The van der Waals surface area contributed by atoms with Gasteiger partial charge in [0.05, 0.1) is 11.1 Å². The van der Waals surface area contributed by atoms with Gasteiger partial charge < -0.3 is 19.4 Å². The minimum Gasteiger partial charge on any atom is -0.461 e. The molecular weight excluding hydrogens is 591 g/mol. The molecule has 1 amide bonds. The summed E-state index contributed by atoms with van der Waals surface area (Å²) in [6.07, 6.45) is 7.28. The van der Waals surface area contributed by atoms with Crippen molar-refractivity contribution >= 4 is 34.2 Å². The smallest absolute Gasteiger partial charge is 0.319 e. The third-order valence-electron chi connectivity index (χ3n) is 10.2. The van der Waals surface area contributed by atoms with Crippen LogP contribution in [0.1, 0.15) is 43.2 Å². The molecule has 4 heterocycles. The van der Waals surface area contributed by atoms with Crippen LogP contribution in [0.5, 0.6) is 6.01 Å². The highest BCUT2D eigenvalue weighted by Crippen LogP contribution is 2.42. The molecule has 0 saturated carbocycles. The molecule has 10 heteroatoms. The molecule has 4 aliphatic rings. The van der Waals surface area contributed by atoms with Gasteiger partial charge in [0.1, 0.15) is 24.6 Å². The van der Waals surface area contributed by atoms with Crippen molar-refractivity contribution in [2.75, 3.05) is 50.8 Å². The van der Waals surface area contributed by atoms with Crippen molar-refractivity contribution in [2.45, 2.75) is 62.7 Å². The maximum atomic E-state index is 14.5. The summed E-state index contributed by atoms with van der Waals surface area (Å²) in [5.74, 6) is 0.483. The first kappa shape index (κ1) is 29.9. The molecule has 2 aromatic carbocycles. The predicted molar refractivity (Wildman–Crippen MR) is 175 cm³/mol. The number of piperazine rings is 1. The van der Waals surface area contributed by atoms with Crippen molar-refractivity contribution in [1.29, 1.82) is 0 Å². The van der Waals surface area contributed by atoms with Gasteiger partial charge in [0, 0.05) is 48.6 Å². The summed E-state index contributed by atoms with van der Waals surface area (Å²) in [6, 6.07) is 10.4. The molecule has 45 heavy (non-hydrogen) atoms. The highest BCUT2D eigenvalue weighted by molar-refractivity contribution is 6.34. The number of halogens is 2. The Labute approximate surface area is 268 Å². The van der Waals surface area contributed by atoms with Crippen LogP contribution in [0, 0.1) is 6.57 Å². The maximum absolute atomic E-state index is 14.5. The summed E-state index contributed by atoms with van der Waals surface area (Å²) >= 11 is 7.06. The number of carbonyl (C=O) groups excluding carboxylic acids is 1. The Balaban J connectivity index is 1.30. The van der Waals surface area contributed by atoms with E-state index in [0.717, 1.165) is 55.2 Å². The van der Waals surface area contributed by atoms with E-state index in [2.05, 4.69) is 39.4 Å². The lowest BCUT2D eigenvalue weighted by molar-refractivity contribution is -0.128. The van der Waals surface area contributed by atoms with E-state index in [1.165, 1.54) is 23.6 Å². The summed E-state index contributed by atoms with van der Waals surface area (Å²) in [4.78, 5) is 32.1. The van der Waals surface area contributed by atoms with Crippen LogP contribution in [0.25, 0.3) is 26.9 Å². The van der Waals surface area contributed by atoms with Gasteiger partial charge in [-0.1, -0.05) is 36.4 Å². The molecule has 3 aliphatic heterocycles. The fourth-order valence-electron chi connectivity index (χ4n) is 8.02. The topological polar surface area (TPSA) is 66.2 Å². The highest BCUT2D eigenvalue weighted by atomic mass is 35.5.